The standard InChI is InChI=1S/C23H26N2O3/c1-5-18(26)25-21-20-19(14-8-6-7-9-17(14)28-22(20)27)15-12-13(23(2,3)4)10-11-16(15)24-21/h6-9,13H,5,10-12H2,1-4H3,(H,24,25,26). The van der Waals surface area contributed by atoms with E-state index in [0.29, 0.717) is 29.1 Å². The van der Waals surface area contributed by atoms with Crippen LogP contribution in [0.5, 0.6) is 0 Å². The molecule has 3 aromatic rings. The zero-order valence-corrected chi connectivity index (χ0v) is 16.9. The monoisotopic (exact) mass is 378 g/mol. The van der Waals surface area contributed by atoms with Gasteiger partial charge < -0.3 is 9.73 Å². The number of carbonyl (C=O) groups is 1. The molecule has 0 saturated heterocycles. The molecule has 0 radical (unpaired) electrons. The first kappa shape index (κ1) is 18.7. The quantitative estimate of drug-likeness (QED) is 0.511. The van der Waals surface area contributed by atoms with E-state index in [1.165, 1.54) is 0 Å². The number of hydrogen-bond acceptors (Lipinski definition) is 4. The van der Waals surface area contributed by atoms with E-state index in [4.69, 9.17) is 9.40 Å². The van der Waals surface area contributed by atoms with Crippen molar-refractivity contribution in [3.63, 3.8) is 0 Å². The van der Waals surface area contributed by atoms with Gasteiger partial charge in [-0.05, 0) is 42.2 Å². The highest BCUT2D eigenvalue weighted by Crippen LogP contribution is 2.41. The summed E-state index contributed by atoms with van der Waals surface area (Å²) in [6.45, 7) is 8.57. The number of pyridine rings is 1. The molecule has 0 saturated carbocycles. The van der Waals surface area contributed by atoms with Crippen LogP contribution in [0, 0.1) is 11.3 Å². The van der Waals surface area contributed by atoms with Crippen LogP contribution < -0.4 is 10.9 Å². The smallest absolute Gasteiger partial charge is 0.347 e. The molecule has 0 fully saturated rings. The van der Waals surface area contributed by atoms with Crippen LogP contribution in [0.3, 0.4) is 0 Å². The molecule has 1 amide bonds. The van der Waals surface area contributed by atoms with Crippen molar-refractivity contribution in [1.82, 2.24) is 4.98 Å². The Bertz CT molecular complexity index is 1140. The van der Waals surface area contributed by atoms with Crippen molar-refractivity contribution >= 4 is 33.5 Å². The largest absolute Gasteiger partial charge is 0.422 e. The van der Waals surface area contributed by atoms with Crippen LogP contribution in [0.2, 0.25) is 0 Å². The van der Waals surface area contributed by atoms with Gasteiger partial charge >= 0.3 is 5.63 Å². The van der Waals surface area contributed by atoms with E-state index >= 15 is 0 Å². The number of aryl methyl sites for hydroxylation is 1. The number of nitrogens with one attached hydrogen (secondary N) is 1. The van der Waals surface area contributed by atoms with Crippen LogP contribution in [-0.2, 0) is 17.6 Å². The van der Waals surface area contributed by atoms with E-state index in [9.17, 15) is 9.59 Å². The number of carbonyl (C=O) groups excluding carboxylic acids is 1. The highest BCUT2D eigenvalue weighted by Gasteiger charge is 2.32. The Hall–Kier alpha value is -2.69. The maximum Gasteiger partial charge on any atom is 0.347 e. The fraction of sp³-hybridized carbons (Fsp3) is 0.435. The SMILES string of the molecule is CCC(=O)Nc1nc2c(c3c1c(=O)oc1ccccc13)CC(C(C)(C)C)CC2. The Morgan fingerprint density at radius 3 is 2.71 bits per heavy atom. The molecule has 1 N–H and O–H groups in total. The van der Waals surface area contributed by atoms with Gasteiger partial charge in [0.2, 0.25) is 5.91 Å². The van der Waals surface area contributed by atoms with E-state index in [1.54, 1.807) is 6.92 Å². The molecule has 0 aliphatic heterocycles. The average molecular weight is 378 g/mol. The van der Waals surface area contributed by atoms with Crippen molar-refractivity contribution in [2.24, 2.45) is 11.3 Å². The second-order valence-corrected chi connectivity index (χ2v) is 8.73. The van der Waals surface area contributed by atoms with Crippen molar-refractivity contribution in [3.05, 3.63) is 45.9 Å². The molecule has 4 rings (SSSR count). The number of anilines is 1. The lowest BCUT2D eigenvalue weighted by molar-refractivity contribution is -0.115. The van der Waals surface area contributed by atoms with Crippen LogP contribution >= 0.6 is 0 Å². The Kier molecular flexibility index (Phi) is 4.48. The summed E-state index contributed by atoms with van der Waals surface area (Å²) in [5.74, 6) is 0.672. The molecular weight excluding hydrogens is 352 g/mol. The van der Waals surface area contributed by atoms with Crippen molar-refractivity contribution in [2.45, 2.75) is 53.4 Å². The molecule has 1 unspecified atom stereocenters. The molecule has 1 aromatic carbocycles. The maximum absolute atomic E-state index is 12.9. The van der Waals surface area contributed by atoms with Gasteiger partial charge in [0.05, 0.1) is 0 Å². The van der Waals surface area contributed by atoms with Gasteiger partial charge in [-0.3, -0.25) is 4.79 Å². The van der Waals surface area contributed by atoms with Crippen LogP contribution in [-0.4, -0.2) is 10.9 Å². The van der Waals surface area contributed by atoms with Crippen molar-refractivity contribution < 1.29 is 9.21 Å². The third kappa shape index (κ3) is 3.09. The van der Waals surface area contributed by atoms with E-state index in [-0.39, 0.29) is 11.3 Å². The first-order valence-corrected chi connectivity index (χ1v) is 9.96. The third-order valence-electron chi connectivity index (χ3n) is 5.93. The highest BCUT2D eigenvalue weighted by molar-refractivity contribution is 6.11. The lowest BCUT2D eigenvalue weighted by Crippen LogP contribution is -2.28. The first-order valence-electron chi connectivity index (χ1n) is 9.96. The van der Waals surface area contributed by atoms with Gasteiger partial charge in [0, 0.05) is 22.9 Å². The fourth-order valence-electron chi connectivity index (χ4n) is 4.22. The maximum atomic E-state index is 12.9. The minimum Gasteiger partial charge on any atom is -0.422 e. The molecule has 2 aromatic heterocycles. The number of benzene rings is 1. The van der Waals surface area contributed by atoms with Crippen LogP contribution in [0.25, 0.3) is 21.7 Å². The predicted octanol–water partition coefficient (Wildman–Crippen LogP) is 4.84. The number of aromatic nitrogens is 1. The van der Waals surface area contributed by atoms with Crippen molar-refractivity contribution in [1.29, 1.82) is 0 Å². The highest BCUT2D eigenvalue weighted by atomic mass is 16.4. The Labute approximate surface area is 164 Å². The Balaban J connectivity index is 2.07. The van der Waals surface area contributed by atoms with Gasteiger partial charge in [-0.15, -0.1) is 0 Å². The summed E-state index contributed by atoms with van der Waals surface area (Å²) in [6.07, 6.45) is 3.09. The number of nitrogens with zero attached hydrogens (tertiary/aromatic N) is 1. The molecule has 28 heavy (non-hydrogen) atoms. The minimum absolute atomic E-state index is 0.162. The lowest BCUT2D eigenvalue weighted by Gasteiger charge is -2.35. The number of para-hydroxylation sites is 1. The predicted molar refractivity (Wildman–Crippen MR) is 112 cm³/mol. The molecule has 146 valence electrons. The van der Waals surface area contributed by atoms with Crippen LogP contribution in [0.15, 0.2) is 33.5 Å². The number of hydrogen-bond donors (Lipinski definition) is 1. The van der Waals surface area contributed by atoms with E-state index in [1.807, 2.05) is 24.3 Å². The second-order valence-electron chi connectivity index (χ2n) is 8.73. The Morgan fingerprint density at radius 2 is 2.00 bits per heavy atom. The zero-order valence-electron chi connectivity index (χ0n) is 16.9. The molecule has 5 heteroatoms. The van der Waals surface area contributed by atoms with Crippen molar-refractivity contribution in [2.75, 3.05) is 5.32 Å². The molecule has 5 nitrogen and oxygen atoms in total. The third-order valence-corrected chi connectivity index (χ3v) is 5.93. The summed E-state index contributed by atoms with van der Waals surface area (Å²) in [5, 5.41) is 4.99. The summed E-state index contributed by atoms with van der Waals surface area (Å²) < 4.78 is 5.57. The molecule has 1 aliphatic rings. The van der Waals surface area contributed by atoms with Crippen molar-refractivity contribution in [3.8, 4) is 0 Å². The lowest BCUT2D eigenvalue weighted by atomic mass is 9.71. The normalized spacial score (nSPS) is 16.9. The molecule has 0 bridgehead atoms. The summed E-state index contributed by atoms with van der Waals surface area (Å²) >= 11 is 0. The van der Waals surface area contributed by atoms with Gasteiger partial charge in [-0.2, -0.15) is 0 Å². The summed E-state index contributed by atoms with van der Waals surface area (Å²) in [4.78, 5) is 29.7. The zero-order chi connectivity index (χ0) is 20.1. The van der Waals surface area contributed by atoms with Crippen LogP contribution in [0.4, 0.5) is 5.82 Å². The van der Waals surface area contributed by atoms with E-state index in [0.717, 1.165) is 41.3 Å². The summed E-state index contributed by atoms with van der Waals surface area (Å²) in [6, 6.07) is 7.61. The molecule has 1 atom stereocenters. The molecule has 2 heterocycles. The molecular formula is C23H26N2O3. The topological polar surface area (TPSA) is 72.2 Å². The van der Waals surface area contributed by atoms with E-state index in [2.05, 4.69) is 26.1 Å². The fourth-order valence-corrected chi connectivity index (χ4v) is 4.22. The van der Waals surface area contributed by atoms with Gasteiger partial charge in [0.25, 0.3) is 0 Å². The summed E-state index contributed by atoms with van der Waals surface area (Å²) in [7, 11) is 0. The average Bonchev–Trinajstić information content (AvgIpc) is 2.66. The van der Waals surface area contributed by atoms with Gasteiger partial charge in [0.15, 0.2) is 0 Å². The summed E-state index contributed by atoms with van der Waals surface area (Å²) in [5.41, 5.74) is 2.40. The second kappa shape index (κ2) is 6.73. The first-order chi connectivity index (χ1) is 13.3. The number of amides is 1. The Morgan fingerprint density at radius 1 is 1.25 bits per heavy atom. The van der Waals surface area contributed by atoms with Crippen LogP contribution in [0.1, 0.15) is 51.8 Å². The number of fused-ring (bicyclic) bond motifs is 5. The van der Waals surface area contributed by atoms with Gasteiger partial charge in [0.1, 0.15) is 16.8 Å². The van der Waals surface area contributed by atoms with E-state index < -0.39 is 5.63 Å². The number of rotatable bonds is 2. The minimum atomic E-state index is -0.451. The molecule has 0 spiro atoms. The van der Waals surface area contributed by atoms with Gasteiger partial charge in [-0.1, -0.05) is 45.9 Å². The van der Waals surface area contributed by atoms with Gasteiger partial charge in [-0.25, -0.2) is 9.78 Å². The molecule has 1 aliphatic carbocycles.